The van der Waals surface area contributed by atoms with Gasteiger partial charge in [-0.25, -0.2) is 0 Å². The second kappa shape index (κ2) is 8.90. The van der Waals surface area contributed by atoms with Gasteiger partial charge in [0.1, 0.15) is 0 Å². The first-order valence-electron chi connectivity index (χ1n) is 6.39. The van der Waals surface area contributed by atoms with Gasteiger partial charge in [-0.05, 0) is 30.9 Å². The summed E-state index contributed by atoms with van der Waals surface area (Å²) in [4.78, 5) is 8.34. The van der Waals surface area contributed by atoms with Gasteiger partial charge in [0.25, 0.3) is 0 Å². The third kappa shape index (κ3) is 5.59. The predicted molar refractivity (Wildman–Crippen MR) is 90.0 cm³/mol. The number of aromatic nitrogens is 1. The number of aliphatic imine (C=N–C) groups is 1. The van der Waals surface area contributed by atoms with Crippen LogP contribution in [0.15, 0.2) is 41.7 Å². The van der Waals surface area contributed by atoms with Gasteiger partial charge >= 0.3 is 0 Å². The SMILES string of the molecule is CN=C(NCCc1cccnc1)NC1CC=CC1.I. The second-order valence-electron chi connectivity index (χ2n) is 4.39. The normalized spacial score (nSPS) is 15.1. The number of hydrogen-bond donors (Lipinski definition) is 2. The van der Waals surface area contributed by atoms with Crippen molar-refractivity contribution in [1.82, 2.24) is 15.6 Å². The lowest BCUT2D eigenvalue weighted by atomic mass is 10.2. The Balaban J connectivity index is 0.00000180. The lowest BCUT2D eigenvalue weighted by Gasteiger charge is -2.16. The third-order valence-corrected chi connectivity index (χ3v) is 3.00. The molecule has 2 N–H and O–H groups in total. The van der Waals surface area contributed by atoms with Crippen LogP contribution >= 0.6 is 24.0 Å². The molecule has 19 heavy (non-hydrogen) atoms. The highest BCUT2D eigenvalue weighted by molar-refractivity contribution is 14.0. The average molecular weight is 372 g/mol. The Labute approximate surface area is 131 Å². The van der Waals surface area contributed by atoms with Crippen molar-refractivity contribution in [3.63, 3.8) is 0 Å². The van der Waals surface area contributed by atoms with Crippen molar-refractivity contribution in [3.8, 4) is 0 Å². The first-order valence-corrected chi connectivity index (χ1v) is 6.39. The van der Waals surface area contributed by atoms with E-state index in [2.05, 4.69) is 38.8 Å². The van der Waals surface area contributed by atoms with Gasteiger partial charge in [0.15, 0.2) is 5.96 Å². The molecule has 0 fully saturated rings. The van der Waals surface area contributed by atoms with Gasteiger partial charge in [0, 0.05) is 32.0 Å². The van der Waals surface area contributed by atoms with E-state index in [9.17, 15) is 0 Å². The third-order valence-electron chi connectivity index (χ3n) is 3.00. The first kappa shape index (κ1) is 15.9. The van der Waals surface area contributed by atoms with Crippen LogP contribution in [0.3, 0.4) is 0 Å². The van der Waals surface area contributed by atoms with Crippen molar-refractivity contribution in [2.45, 2.75) is 25.3 Å². The molecule has 104 valence electrons. The van der Waals surface area contributed by atoms with Crippen molar-refractivity contribution < 1.29 is 0 Å². The van der Waals surface area contributed by atoms with Crippen LogP contribution in [0.5, 0.6) is 0 Å². The van der Waals surface area contributed by atoms with Crippen LogP contribution in [0, 0.1) is 0 Å². The quantitative estimate of drug-likeness (QED) is 0.369. The zero-order chi connectivity index (χ0) is 12.6. The molecule has 0 atom stereocenters. The van der Waals surface area contributed by atoms with E-state index in [0.29, 0.717) is 6.04 Å². The maximum Gasteiger partial charge on any atom is 0.191 e. The molecule has 0 saturated carbocycles. The minimum Gasteiger partial charge on any atom is -0.356 e. The van der Waals surface area contributed by atoms with E-state index in [-0.39, 0.29) is 24.0 Å². The lowest BCUT2D eigenvalue weighted by Crippen LogP contribution is -2.43. The number of hydrogen-bond acceptors (Lipinski definition) is 2. The molecule has 1 aromatic heterocycles. The molecule has 4 nitrogen and oxygen atoms in total. The summed E-state index contributed by atoms with van der Waals surface area (Å²) in [5, 5.41) is 6.74. The largest absolute Gasteiger partial charge is 0.356 e. The van der Waals surface area contributed by atoms with Gasteiger partial charge in [-0.2, -0.15) is 0 Å². The molecule has 0 radical (unpaired) electrons. The molecule has 0 spiro atoms. The Morgan fingerprint density at radius 3 is 2.84 bits per heavy atom. The molecule has 0 bridgehead atoms. The van der Waals surface area contributed by atoms with Gasteiger partial charge in [0.2, 0.25) is 0 Å². The zero-order valence-corrected chi connectivity index (χ0v) is 13.5. The number of rotatable bonds is 4. The molecule has 1 aliphatic carbocycles. The molecule has 0 saturated heterocycles. The van der Waals surface area contributed by atoms with Gasteiger partial charge in [-0.1, -0.05) is 18.2 Å². The molecule has 0 unspecified atom stereocenters. The first-order chi connectivity index (χ1) is 8.88. The Hall–Kier alpha value is -1.11. The van der Waals surface area contributed by atoms with Crippen molar-refractivity contribution in [2.75, 3.05) is 13.6 Å². The summed E-state index contributed by atoms with van der Waals surface area (Å²) in [7, 11) is 1.81. The highest BCUT2D eigenvalue weighted by Crippen LogP contribution is 2.08. The minimum absolute atomic E-state index is 0. The number of pyridine rings is 1. The molecule has 1 aromatic rings. The number of guanidine groups is 1. The summed E-state index contributed by atoms with van der Waals surface area (Å²) in [5.41, 5.74) is 1.24. The fraction of sp³-hybridized carbons (Fsp3) is 0.429. The van der Waals surface area contributed by atoms with Crippen molar-refractivity contribution >= 4 is 29.9 Å². The Morgan fingerprint density at radius 1 is 1.42 bits per heavy atom. The number of nitrogens with zero attached hydrogens (tertiary/aromatic N) is 2. The van der Waals surface area contributed by atoms with Crippen LogP contribution in [0.1, 0.15) is 18.4 Å². The average Bonchev–Trinajstić information content (AvgIpc) is 2.92. The molecular weight excluding hydrogens is 351 g/mol. The standard InChI is InChI=1S/C14H20N4.HI/c1-15-14(18-13-6-2-3-7-13)17-10-8-12-5-4-9-16-11-12;/h2-5,9,11,13H,6-8,10H2,1H3,(H2,15,17,18);1H. The van der Waals surface area contributed by atoms with E-state index >= 15 is 0 Å². The smallest absolute Gasteiger partial charge is 0.191 e. The molecule has 1 aliphatic rings. The van der Waals surface area contributed by atoms with E-state index in [1.165, 1.54) is 5.56 Å². The van der Waals surface area contributed by atoms with E-state index < -0.39 is 0 Å². The lowest BCUT2D eigenvalue weighted by molar-refractivity contribution is 0.633. The molecule has 0 aliphatic heterocycles. The van der Waals surface area contributed by atoms with E-state index in [1.54, 1.807) is 6.20 Å². The second-order valence-corrected chi connectivity index (χ2v) is 4.39. The topological polar surface area (TPSA) is 49.3 Å². The molecule has 5 heteroatoms. The Bertz CT molecular complexity index is 409. The molecule has 2 rings (SSSR count). The summed E-state index contributed by atoms with van der Waals surface area (Å²) in [6, 6.07) is 4.55. The fourth-order valence-corrected chi connectivity index (χ4v) is 1.99. The molecule has 1 heterocycles. The van der Waals surface area contributed by atoms with E-state index in [1.807, 2.05) is 19.3 Å². The van der Waals surface area contributed by atoms with Crippen LogP contribution in [0.25, 0.3) is 0 Å². The van der Waals surface area contributed by atoms with Crippen LogP contribution in [-0.4, -0.2) is 30.6 Å². The van der Waals surface area contributed by atoms with Gasteiger partial charge in [0.05, 0.1) is 0 Å². The van der Waals surface area contributed by atoms with Crippen molar-refractivity contribution in [1.29, 1.82) is 0 Å². The molecule has 0 amide bonds. The van der Waals surface area contributed by atoms with Gasteiger partial charge in [-0.3, -0.25) is 9.98 Å². The van der Waals surface area contributed by atoms with E-state index in [4.69, 9.17) is 0 Å². The number of nitrogens with one attached hydrogen (secondary N) is 2. The molecular formula is C14H21IN4. The Morgan fingerprint density at radius 2 is 2.21 bits per heavy atom. The highest BCUT2D eigenvalue weighted by Gasteiger charge is 2.10. The monoisotopic (exact) mass is 372 g/mol. The highest BCUT2D eigenvalue weighted by atomic mass is 127. The minimum atomic E-state index is 0. The van der Waals surface area contributed by atoms with Crippen LogP contribution in [-0.2, 0) is 6.42 Å². The van der Waals surface area contributed by atoms with Gasteiger partial charge < -0.3 is 10.6 Å². The van der Waals surface area contributed by atoms with E-state index in [0.717, 1.165) is 31.8 Å². The maximum atomic E-state index is 4.23. The predicted octanol–water partition coefficient (Wildman–Crippen LogP) is 2.13. The summed E-state index contributed by atoms with van der Waals surface area (Å²) in [5.74, 6) is 0.882. The van der Waals surface area contributed by atoms with Crippen LogP contribution < -0.4 is 10.6 Å². The Kier molecular flexibility index (Phi) is 7.47. The number of halogens is 1. The summed E-state index contributed by atoms with van der Waals surface area (Å²) in [6.07, 6.45) is 11.2. The van der Waals surface area contributed by atoms with Crippen LogP contribution in [0.2, 0.25) is 0 Å². The van der Waals surface area contributed by atoms with Gasteiger partial charge in [-0.15, -0.1) is 24.0 Å². The fourth-order valence-electron chi connectivity index (χ4n) is 1.99. The maximum absolute atomic E-state index is 4.23. The van der Waals surface area contributed by atoms with Crippen molar-refractivity contribution in [2.24, 2.45) is 4.99 Å². The zero-order valence-electron chi connectivity index (χ0n) is 11.2. The van der Waals surface area contributed by atoms with Crippen molar-refractivity contribution in [3.05, 3.63) is 42.2 Å². The summed E-state index contributed by atoms with van der Waals surface area (Å²) >= 11 is 0. The van der Waals surface area contributed by atoms with Crippen LogP contribution in [0.4, 0.5) is 0 Å². The summed E-state index contributed by atoms with van der Waals surface area (Å²) < 4.78 is 0. The summed E-state index contributed by atoms with van der Waals surface area (Å²) in [6.45, 7) is 0.867. The molecule has 0 aromatic carbocycles.